The van der Waals surface area contributed by atoms with Gasteiger partial charge in [-0.2, -0.15) is 5.26 Å². The molecule has 122 valence electrons. The molecule has 25 heavy (non-hydrogen) atoms. The van der Waals surface area contributed by atoms with Crippen molar-refractivity contribution in [3.8, 4) is 28.8 Å². The molecule has 0 bridgehead atoms. The van der Waals surface area contributed by atoms with Gasteiger partial charge in [-0.3, -0.25) is 0 Å². The lowest BCUT2D eigenvalue weighted by Gasteiger charge is -2.00. The first-order valence-corrected chi connectivity index (χ1v) is 8.72. The summed E-state index contributed by atoms with van der Waals surface area (Å²) in [6, 6.07) is 15.3. The van der Waals surface area contributed by atoms with E-state index in [-0.39, 0.29) is 6.79 Å². The van der Waals surface area contributed by atoms with Crippen molar-refractivity contribution < 1.29 is 9.47 Å². The first-order chi connectivity index (χ1) is 12.2. The lowest BCUT2D eigenvalue weighted by molar-refractivity contribution is 0.174. The van der Waals surface area contributed by atoms with E-state index in [1.807, 2.05) is 41.8 Å². The Morgan fingerprint density at radius 1 is 1.20 bits per heavy atom. The van der Waals surface area contributed by atoms with Gasteiger partial charge in [0.05, 0.1) is 11.3 Å². The zero-order chi connectivity index (χ0) is 17.2. The van der Waals surface area contributed by atoms with Crippen LogP contribution in [0.2, 0.25) is 5.02 Å². The van der Waals surface area contributed by atoms with Crippen LogP contribution in [0.5, 0.6) is 11.5 Å². The SMILES string of the molecule is N#C/C(=C/c1ccccc1Cl)c1nc(-c2ccc3c(c2)OCO3)cs1. The second-order valence-electron chi connectivity index (χ2n) is 5.30. The lowest BCUT2D eigenvalue weighted by atomic mass is 10.1. The van der Waals surface area contributed by atoms with E-state index in [2.05, 4.69) is 11.1 Å². The summed E-state index contributed by atoms with van der Waals surface area (Å²) in [5.41, 5.74) is 2.98. The van der Waals surface area contributed by atoms with Gasteiger partial charge >= 0.3 is 0 Å². The number of rotatable bonds is 3. The lowest BCUT2D eigenvalue weighted by Crippen LogP contribution is -1.92. The molecule has 0 atom stereocenters. The third-order valence-corrected chi connectivity index (χ3v) is 4.95. The smallest absolute Gasteiger partial charge is 0.231 e. The predicted molar refractivity (Wildman–Crippen MR) is 98.6 cm³/mol. The van der Waals surface area contributed by atoms with Gasteiger partial charge in [0.1, 0.15) is 11.1 Å². The summed E-state index contributed by atoms with van der Waals surface area (Å²) in [5, 5.41) is 12.7. The van der Waals surface area contributed by atoms with Crippen LogP contribution < -0.4 is 9.47 Å². The van der Waals surface area contributed by atoms with Crippen molar-refractivity contribution >= 4 is 34.6 Å². The summed E-state index contributed by atoms with van der Waals surface area (Å²) in [4.78, 5) is 4.59. The number of benzene rings is 2. The van der Waals surface area contributed by atoms with Gasteiger partial charge in [-0.25, -0.2) is 4.98 Å². The van der Waals surface area contributed by atoms with Gasteiger partial charge in [0.2, 0.25) is 6.79 Å². The Morgan fingerprint density at radius 3 is 2.88 bits per heavy atom. The van der Waals surface area contributed by atoms with E-state index in [0.29, 0.717) is 21.4 Å². The van der Waals surface area contributed by atoms with Gasteiger partial charge in [0, 0.05) is 16.0 Å². The highest BCUT2D eigenvalue weighted by Gasteiger charge is 2.16. The van der Waals surface area contributed by atoms with Gasteiger partial charge in [-0.05, 0) is 35.9 Å². The number of nitrogens with zero attached hydrogens (tertiary/aromatic N) is 2. The largest absolute Gasteiger partial charge is 0.454 e. The molecule has 1 aliphatic heterocycles. The van der Waals surface area contributed by atoms with E-state index in [0.717, 1.165) is 22.6 Å². The van der Waals surface area contributed by atoms with E-state index in [9.17, 15) is 5.26 Å². The molecule has 0 N–H and O–H groups in total. The molecule has 6 heteroatoms. The van der Waals surface area contributed by atoms with Crippen LogP contribution in [0.15, 0.2) is 47.8 Å². The Labute approximate surface area is 153 Å². The van der Waals surface area contributed by atoms with E-state index < -0.39 is 0 Å². The average Bonchev–Trinajstić information content (AvgIpc) is 3.29. The van der Waals surface area contributed by atoms with Crippen LogP contribution in [0.3, 0.4) is 0 Å². The summed E-state index contributed by atoms with van der Waals surface area (Å²) in [6.45, 7) is 0.236. The number of aromatic nitrogens is 1. The fourth-order valence-corrected chi connectivity index (χ4v) is 3.46. The molecule has 2 aromatic carbocycles. The summed E-state index contributed by atoms with van der Waals surface area (Å²) in [6.07, 6.45) is 1.75. The Morgan fingerprint density at radius 2 is 2.04 bits per heavy atom. The molecule has 0 radical (unpaired) electrons. The molecule has 2 heterocycles. The molecule has 0 saturated carbocycles. The van der Waals surface area contributed by atoms with Crippen molar-refractivity contribution in [1.29, 1.82) is 5.26 Å². The maximum absolute atomic E-state index is 9.51. The number of hydrogen-bond donors (Lipinski definition) is 0. The quantitative estimate of drug-likeness (QED) is 0.593. The minimum Gasteiger partial charge on any atom is -0.454 e. The Hall–Kier alpha value is -2.81. The van der Waals surface area contributed by atoms with Crippen LogP contribution in [0, 0.1) is 11.3 Å². The van der Waals surface area contributed by atoms with Crippen molar-refractivity contribution in [2.24, 2.45) is 0 Å². The minimum atomic E-state index is 0.236. The molecule has 4 rings (SSSR count). The number of hydrogen-bond acceptors (Lipinski definition) is 5. The summed E-state index contributed by atoms with van der Waals surface area (Å²) in [7, 11) is 0. The standard InChI is InChI=1S/C19H11ClN2O2S/c20-15-4-2-1-3-12(15)7-14(9-21)19-22-16(10-25-19)13-5-6-17-18(8-13)24-11-23-17/h1-8,10H,11H2/b14-7-. The first-order valence-electron chi connectivity index (χ1n) is 7.47. The molecule has 0 spiro atoms. The fourth-order valence-electron chi connectivity index (χ4n) is 2.48. The van der Waals surface area contributed by atoms with Crippen molar-refractivity contribution in [1.82, 2.24) is 4.98 Å². The monoisotopic (exact) mass is 366 g/mol. The second kappa shape index (κ2) is 6.60. The van der Waals surface area contributed by atoms with Gasteiger partial charge < -0.3 is 9.47 Å². The van der Waals surface area contributed by atoms with E-state index in [1.54, 1.807) is 12.1 Å². The Kier molecular flexibility index (Phi) is 4.14. The van der Waals surface area contributed by atoms with Crippen molar-refractivity contribution in [3.63, 3.8) is 0 Å². The van der Waals surface area contributed by atoms with Crippen molar-refractivity contribution in [2.75, 3.05) is 6.79 Å². The van der Waals surface area contributed by atoms with Crippen molar-refractivity contribution in [2.45, 2.75) is 0 Å². The molecule has 0 fully saturated rings. The maximum atomic E-state index is 9.51. The summed E-state index contributed by atoms with van der Waals surface area (Å²) >= 11 is 7.59. The van der Waals surface area contributed by atoms with Crippen LogP contribution in [-0.4, -0.2) is 11.8 Å². The van der Waals surface area contributed by atoms with Crippen LogP contribution in [0.1, 0.15) is 10.6 Å². The Balaban J connectivity index is 1.68. The number of halogens is 1. The molecule has 1 aliphatic rings. The second-order valence-corrected chi connectivity index (χ2v) is 6.56. The number of nitriles is 1. The normalized spacial score (nSPS) is 12.9. The molecule has 0 saturated heterocycles. The topological polar surface area (TPSA) is 55.1 Å². The maximum Gasteiger partial charge on any atom is 0.231 e. The zero-order valence-electron chi connectivity index (χ0n) is 12.9. The molecule has 0 amide bonds. The molecule has 0 aliphatic carbocycles. The van der Waals surface area contributed by atoms with E-state index in [4.69, 9.17) is 21.1 Å². The zero-order valence-corrected chi connectivity index (χ0v) is 14.5. The average molecular weight is 367 g/mol. The third kappa shape index (κ3) is 3.10. The number of allylic oxidation sites excluding steroid dienone is 1. The molecular weight excluding hydrogens is 356 g/mol. The highest BCUT2D eigenvalue weighted by Crippen LogP contribution is 2.36. The predicted octanol–water partition coefficient (Wildman–Crippen LogP) is 5.26. The highest BCUT2D eigenvalue weighted by atomic mass is 35.5. The minimum absolute atomic E-state index is 0.236. The van der Waals surface area contributed by atoms with Gasteiger partial charge in [-0.1, -0.05) is 29.8 Å². The first kappa shape index (κ1) is 15.7. The van der Waals surface area contributed by atoms with E-state index >= 15 is 0 Å². The van der Waals surface area contributed by atoms with E-state index in [1.165, 1.54) is 11.3 Å². The highest BCUT2D eigenvalue weighted by molar-refractivity contribution is 7.11. The van der Waals surface area contributed by atoms with Gasteiger partial charge in [0.15, 0.2) is 11.5 Å². The summed E-state index contributed by atoms with van der Waals surface area (Å²) in [5.74, 6) is 1.44. The molecule has 0 unspecified atom stereocenters. The number of fused-ring (bicyclic) bond motifs is 1. The van der Waals surface area contributed by atoms with Crippen LogP contribution >= 0.6 is 22.9 Å². The number of thiazole rings is 1. The summed E-state index contributed by atoms with van der Waals surface area (Å²) < 4.78 is 10.7. The fraction of sp³-hybridized carbons (Fsp3) is 0.0526. The molecule has 3 aromatic rings. The number of ether oxygens (including phenoxy) is 2. The van der Waals surface area contributed by atoms with Gasteiger partial charge in [0.25, 0.3) is 0 Å². The Bertz CT molecular complexity index is 1020. The molecule has 4 nitrogen and oxygen atoms in total. The molecular formula is C19H11ClN2O2S. The van der Waals surface area contributed by atoms with Crippen molar-refractivity contribution in [3.05, 3.63) is 63.4 Å². The van der Waals surface area contributed by atoms with Gasteiger partial charge in [-0.15, -0.1) is 11.3 Å². The molecule has 1 aromatic heterocycles. The van der Waals surface area contributed by atoms with Crippen LogP contribution in [0.4, 0.5) is 0 Å². The van der Waals surface area contributed by atoms with Crippen LogP contribution in [-0.2, 0) is 0 Å². The third-order valence-electron chi connectivity index (χ3n) is 3.73. The van der Waals surface area contributed by atoms with Crippen LogP contribution in [0.25, 0.3) is 22.9 Å².